The zero-order valence-corrected chi connectivity index (χ0v) is 9.58. The molecule has 0 aliphatic rings. The summed E-state index contributed by atoms with van der Waals surface area (Å²) in [5.41, 5.74) is 0. The van der Waals surface area contributed by atoms with Crippen molar-refractivity contribution in [3.8, 4) is 0 Å². The van der Waals surface area contributed by atoms with Gasteiger partial charge >= 0.3 is 6.18 Å². The van der Waals surface area contributed by atoms with Crippen molar-refractivity contribution in [1.29, 1.82) is 0 Å². The van der Waals surface area contributed by atoms with Gasteiger partial charge in [0.15, 0.2) is 0 Å². The largest absolute Gasteiger partial charge is 0.397 e. The Morgan fingerprint density at radius 3 is 2.29 bits per heavy atom. The first-order valence-corrected chi connectivity index (χ1v) is 5.11. The lowest BCUT2D eigenvalue weighted by molar-refractivity contribution is -0.153. The van der Waals surface area contributed by atoms with Gasteiger partial charge in [-0.3, -0.25) is 4.79 Å². The Kier molecular flexibility index (Phi) is 5.48. The minimum atomic E-state index is -4.43. The van der Waals surface area contributed by atoms with Crippen LogP contribution in [-0.2, 0) is 4.79 Å². The van der Waals surface area contributed by atoms with Crippen LogP contribution in [0.4, 0.5) is 13.2 Å². The van der Waals surface area contributed by atoms with Gasteiger partial charge in [0, 0.05) is 11.4 Å². The monoisotopic (exact) mass is 275 g/mol. The van der Waals surface area contributed by atoms with E-state index in [0.29, 0.717) is 0 Å². The third kappa shape index (κ3) is 7.17. The van der Waals surface area contributed by atoms with Gasteiger partial charge in [-0.25, -0.2) is 0 Å². The van der Waals surface area contributed by atoms with E-state index in [1.807, 2.05) is 13.8 Å². The van der Waals surface area contributed by atoms with Crippen molar-refractivity contribution in [2.45, 2.75) is 31.3 Å². The van der Waals surface area contributed by atoms with Crippen molar-refractivity contribution in [3.63, 3.8) is 0 Å². The van der Waals surface area contributed by atoms with E-state index in [1.165, 1.54) is 0 Å². The molecule has 0 aromatic rings. The number of nitrogens with one attached hydrogen (secondary N) is 1. The van der Waals surface area contributed by atoms with Crippen LogP contribution in [0.1, 0.15) is 20.3 Å². The first-order chi connectivity index (χ1) is 6.22. The van der Waals surface area contributed by atoms with E-state index in [-0.39, 0.29) is 17.3 Å². The van der Waals surface area contributed by atoms with Gasteiger partial charge < -0.3 is 5.32 Å². The fraction of sp³-hybridized carbons (Fsp3) is 0.875. The highest BCUT2D eigenvalue weighted by molar-refractivity contribution is 9.09. The first-order valence-electron chi connectivity index (χ1n) is 4.20. The number of amides is 1. The summed E-state index contributed by atoms with van der Waals surface area (Å²) in [6.45, 7) is 4.04. The van der Waals surface area contributed by atoms with Gasteiger partial charge in [0.2, 0.25) is 5.91 Å². The molecule has 84 valence electrons. The van der Waals surface area contributed by atoms with Gasteiger partial charge in [0.05, 0.1) is 0 Å². The van der Waals surface area contributed by atoms with Gasteiger partial charge in [-0.15, -0.1) is 0 Å². The molecule has 1 N–H and O–H groups in total. The molecule has 6 heteroatoms. The zero-order valence-electron chi connectivity index (χ0n) is 7.99. The van der Waals surface area contributed by atoms with Crippen LogP contribution < -0.4 is 5.32 Å². The normalized spacial score (nSPS) is 14.2. The fourth-order valence-corrected chi connectivity index (χ4v) is 0.853. The second kappa shape index (κ2) is 5.58. The summed E-state index contributed by atoms with van der Waals surface area (Å²) in [6, 6.07) is 0. The average Bonchev–Trinajstić information content (AvgIpc) is 1.96. The quantitative estimate of drug-likeness (QED) is 0.785. The molecule has 1 atom stereocenters. The Morgan fingerprint density at radius 2 is 1.93 bits per heavy atom. The highest BCUT2D eigenvalue weighted by atomic mass is 79.9. The molecule has 1 unspecified atom stereocenters. The maximum absolute atomic E-state index is 11.7. The molecule has 0 aliphatic carbocycles. The molecule has 0 aliphatic heterocycles. The Balaban J connectivity index is 3.75. The van der Waals surface area contributed by atoms with Crippen molar-refractivity contribution < 1.29 is 18.0 Å². The maximum atomic E-state index is 11.7. The van der Waals surface area contributed by atoms with Crippen LogP contribution in [0.3, 0.4) is 0 Å². The van der Waals surface area contributed by atoms with Crippen molar-refractivity contribution >= 4 is 21.8 Å². The predicted molar refractivity (Wildman–Crippen MR) is 51.2 cm³/mol. The fourth-order valence-electron chi connectivity index (χ4n) is 0.692. The smallest absolute Gasteiger partial charge is 0.355 e. The molecule has 0 aromatic heterocycles. The van der Waals surface area contributed by atoms with Gasteiger partial charge in [-0.05, 0) is 5.92 Å². The number of carbonyl (C=O) groups is 1. The maximum Gasteiger partial charge on any atom is 0.397 e. The molecule has 0 radical (unpaired) electrons. The van der Waals surface area contributed by atoms with E-state index in [4.69, 9.17) is 0 Å². The molecule has 0 aromatic carbocycles. The Labute approximate surface area is 89.4 Å². The van der Waals surface area contributed by atoms with Crippen LogP contribution in [0.5, 0.6) is 0 Å². The van der Waals surface area contributed by atoms with E-state index >= 15 is 0 Å². The van der Waals surface area contributed by atoms with Gasteiger partial charge in [0.25, 0.3) is 0 Å². The van der Waals surface area contributed by atoms with Gasteiger partial charge in [0.1, 0.15) is 6.42 Å². The van der Waals surface area contributed by atoms with Crippen LogP contribution in [0.15, 0.2) is 0 Å². The lowest BCUT2D eigenvalue weighted by Crippen LogP contribution is -2.34. The van der Waals surface area contributed by atoms with Crippen LogP contribution >= 0.6 is 15.9 Å². The molecule has 0 saturated heterocycles. The van der Waals surface area contributed by atoms with Crippen molar-refractivity contribution in [1.82, 2.24) is 5.32 Å². The van der Waals surface area contributed by atoms with Crippen molar-refractivity contribution in [3.05, 3.63) is 0 Å². The highest BCUT2D eigenvalue weighted by Gasteiger charge is 2.31. The summed E-state index contributed by atoms with van der Waals surface area (Å²) in [5, 5.41) is 2.21. The summed E-state index contributed by atoms with van der Waals surface area (Å²) in [5.74, 6) is -0.719. The summed E-state index contributed by atoms with van der Waals surface area (Å²) >= 11 is 3.25. The molecule has 1 amide bonds. The number of alkyl halides is 4. The van der Waals surface area contributed by atoms with E-state index in [0.717, 1.165) is 0 Å². The molecule has 14 heavy (non-hydrogen) atoms. The molecule has 0 saturated carbocycles. The van der Waals surface area contributed by atoms with E-state index in [9.17, 15) is 18.0 Å². The number of hydrogen-bond acceptors (Lipinski definition) is 1. The minimum Gasteiger partial charge on any atom is -0.355 e. The third-order valence-electron chi connectivity index (χ3n) is 1.58. The minimum absolute atomic E-state index is 0.000293. The second-order valence-electron chi connectivity index (χ2n) is 3.36. The Bertz CT molecular complexity index is 194. The van der Waals surface area contributed by atoms with E-state index in [1.54, 1.807) is 0 Å². The number of rotatable bonds is 4. The van der Waals surface area contributed by atoms with E-state index < -0.39 is 18.5 Å². The topological polar surface area (TPSA) is 29.1 Å². The number of hydrogen-bond donors (Lipinski definition) is 1. The van der Waals surface area contributed by atoms with Gasteiger partial charge in [-0.2, -0.15) is 13.2 Å². The zero-order chi connectivity index (χ0) is 11.4. The van der Waals surface area contributed by atoms with Crippen molar-refractivity contribution in [2.75, 3.05) is 6.54 Å². The summed E-state index contributed by atoms with van der Waals surface area (Å²) in [4.78, 5) is 10.7. The first kappa shape index (κ1) is 13.7. The molecular weight excluding hydrogens is 263 g/mol. The highest BCUT2D eigenvalue weighted by Crippen LogP contribution is 2.19. The number of halogens is 4. The summed E-state index contributed by atoms with van der Waals surface area (Å²) in [7, 11) is 0. The standard InChI is InChI=1S/C8H13BrF3NO/c1-5(2)6(9)4-13-7(14)3-8(10,11)12/h5-6H,3-4H2,1-2H3,(H,13,14). The van der Waals surface area contributed by atoms with Gasteiger partial charge in [-0.1, -0.05) is 29.8 Å². The molecule has 2 nitrogen and oxygen atoms in total. The number of carbonyl (C=O) groups excluding carboxylic acids is 1. The lowest BCUT2D eigenvalue weighted by atomic mass is 10.1. The molecular formula is C8H13BrF3NO. The van der Waals surface area contributed by atoms with Crippen LogP contribution in [0.2, 0.25) is 0 Å². The molecule has 0 heterocycles. The van der Waals surface area contributed by atoms with Crippen molar-refractivity contribution in [2.24, 2.45) is 5.92 Å². The Morgan fingerprint density at radius 1 is 1.43 bits per heavy atom. The van der Waals surface area contributed by atoms with Crippen LogP contribution in [0, 0.1) is 5.92 Å². The van der Waals surface area contributed by atoms with E-state index in [2.05, 4.69) is 21.2 Å². The Hall–Kier alpha value is -0.260. The summed E-state index contributed by atoms with van der Waals surface area (Å²) in [6.07, 6.45) is -5.84. The van der Waals surface area contributed by atoms with Crippen LogP contribution in [-0.4, -0.2) is 23.5 Å². The predicted octanol–water partition coefficient (Wildman–Crippen LogP) is 2.47. The SMILES string of the molecule is CC(C)C(Br)CNC(=O)CC(F)(F)F. The molecule has 0 fully saturated rings. The van der Waals surface area contributed by atoms with Crippen LogP contribution in [0.25, 0.3) is 0 Å². The molecule has 0 bridgehead atoms. The molecule has 0 rings (SSSR count). The lowest BCUT2D eigenvalue weighted by Gasteiger charge is -2.14. The average molecular weight is 276 g/mol. The third-order valence-corrected chi connectivity index (χ3v) is 2.96. The second-order valence-corrected chi connectivity index (χ2v) is 4.53. The summed E-state index contributed by atoms with van der Waals surface area (Å²) < 4.78 is 35.1. The molecule has 0 spiro atoms.